The van der Waals surface area contributed by atoms with Crippen LogP contribution in [-0.2, 0) is 9.47 Å². The third-order valence-corrected chi connectivity index (χ3v) is 2.51. The van der Waals surface area contributed by atoms with Gasteiger partial charge in [0.2, 0.25) is 0 Å². The van der Waals surface area contributed by atoms with Gasteiger partial charge in [0.15, 0.2) is 0 Å². The molecule has 0 spiro atoms. The molecule has 1 aromatic rings. The van der Waals surface area contributed by atoms with Gasteiger partial charge in [-0.2, -0.15) is 0 Å². The van der Waals surface area contributed by atoms with Crippen molar-refractivity contribution in [2.45, 2.75) is 12.5 Å². The van der Waals surface area contributed by atoms with Crippen LogP contribution in [-0.4, -0.2) is 34.0 Å². The van der Waals surface area contributed by atoms with Crippen molar-refractivity contribution >= 4 is 0 Å². The molecule has 0 saturated heterocycles. The van der Waals surface area contributed by atoms with Gasteiger partial charge in [-0.3, -0.25) is 0 Å². The number of hydrogen-bond donors (Lipinski definition) is 1. The Balaban J connectivity index is 2.59. The second kappa shape index (κ2) is 8.06. The second-order valence-electron chi connectivity index (χ2n) is 3.68. The molecule has 0 aliphatic heterocycles. The topological polar surface area (TPSA) is 53.7 Å². The van der Waals surface area contributed by atoms with Gasteiger partial charge in [0, 0.05) is 32.4 Å². The normalized spacial score (nSPS) is 12.4. The van der Waals surface area contributed by atoms with Gasteiger partial charge in [-0.1, -0.05) is 18.2 Å². The zero-order valence-corrected chi connectivity index (χ0v) is 10.5. The van der Waals surface area contributed by atoms with E-state index in [-0.39, 0.29) is 6.10 Å². The van der Waals surface area contributed by atoms with E-state index in [2.05, 4.69) is 0 Å². The first kappa shape index (κ1) is 14.0. The molecule has 0 fully saturated rings. The lowest BCUT2D eigenvalue weighted by Gasteiger charge is -2.18. The van der Waals surface area contributed by atoms with Crippen LogP contribution < -0.4 is 10.5 Å². The molecular weight excluding hydrogens is 218 g/mol. The maximum Gasteiger partial charge on any atom is 0.124 e. The third kappa shape index (κ3) is 4.34. The van der Waals surface area contributed by atoms with E-state index in [1.807, 2.05) is 24.3 Å². The van der Waals surface area contributed by atoms with E-state index in [1.165, 1.54) is 0 Å². The van der Waals surface area contributed by atoms with Crippen LogP contribution in [0.2, 0.25) is 0 Å². The zero-order valence-electron chi connectivity index (χ0n) is 10.5. The molecule has 96 valence electrons. The van der Waals surface area contributed by atoms with E-state index in [0.29, 0.717) is 19.8 Å². The number of para-hydroxylation sites is 1. The molecule has 0 radical (unpaired) electrons. The average Bonchev–Trinajstić information content (AvgIpc) is 2.39. The second-order valence-corrected chi connectivity index (χ2v) is 3.68. The summed E-state index contributed by atoms with van der Waals surface area (Å²) in [6, 6.07) is 7.78. The molecule has 1 atom stereocenters. The first-order chi connectivity index (χ1) is 8.33. The van der Waals surface area contributed by atoms with Crippen LogP contribution in [0.3, 0.4) is 0 Å². The Bertz CT molecular complexity index is 317. The standard InChI is InChI=1S/C13H21NO3/c1-15-8-5-9-17-13(10-14)11-6-3-4-7-12(11)16-2/h3-4,6-7,13H,5,8-10,14H2,1-2H3. The summed E-state index contributed by atoms with van der Waals surface area (Å²) in [5.74, 6) is 0.815. The minimum absolute atomic E-state index is 0.122. The summed E-state index contributed by atoms with van der Waals surface area (Å²) in [4.78, 5) is 0. The van der Waals surface area contributed by atoms with Crippen molar-refractivity contribution in [1.29, 1.82) is 0 Å². The van der Waals surface area contributed by atoms with E-state index in [0.717, 1.165) is 17.7 Å². The van der Waals surface area contributed by atoms with E-state index < -0.39 is 0 Å². The SMILES string of the molecule is COCCCOC(CN)c1ccccc1OC. The first-order valence-corrected chi connectivity index (χ1v) is 5.77. The molecule has 2 N–H and O–H groups in total. The van der Waals surface area contributed by atoms with E-state index in [9.17, 15) is 0 Å². The van der Waals surface area contributed by atoms with Crippen LogP contribution in [0.25, 0.3) is 0 Å². The van der Waals surface area contributed by atoms with Crippen LogP contribution in [0, 0.1) is 0 Å². The lowest BCUT2D eigenvalue weighted by atomic mass is 10.1. The fraction of sp³-hybridized carbons (Fsp3) is 0.538. The maximum absolute atomic E-state index is 5.74. The van der Waals surface area contributed by atoms with Crippen molar-refractivity contribution in [3.8, 4) is 5.75 Å². The first-order valence-electron chi connectivity index (χ1n) is 5.77. The van der Waals surface area contributed by atoms with E-state index >= 15 is 0 Å². The fourth-order valence-corrected chi connectivity index (χ4v) is 1.65. The molecule has 0 aromatic heterocycles. The molecule has 0 bridgehead atoms. The summed E-state index contributed by atoms with van der Waals surface area (Å²) in [6.45, 7) is 1.77. The Morgan fingerprint density at radius 2 is 1.94 bits per heavy atom. The molecule has 4 heteroatoms. The van der Waals surface area contributed by atoms with Gasteiger partial charge in [-0.25, -0.2) is 0 Å². The monoisotopic (exact) mass is 239 g/mol. The summed E-state index contributed by atoms with van der Waals surface area (Å²) in [5.41, 5.74) is 6.73. The van der Waals surface area contributed by atoms with Gasteiger partial charge < -0.3 is 19.9 Å². The minimum Gasteiger partial charge on any atom is -0.496 e. The Morgan fingerprint density at radius 1 is 1.18 bits per heavy atom. The average molecular weight is 239 g/mol. The van der Waals surface area contributed by atoms with Crippen LogP contribution in [0.5, 0.6) is 5.75 Å². The summed E-state index contributed by atoms with van der Waals surface area (Å²) >= 11 is 0. The molecule has 0 amide bonds. The number of benzene rings is 1. The third-order valence-electron chi connectivity index (χ3n) is 2.51. The van der Waals surface area contributed by atoms with Gasteiger partial charge in [0.1, 0.15) is 5.75 Å². The van der Waals surface area contributed by atoms with E-state index in [1.54, 1.807) is 14.2 Å². The summed E-state index contributed by atoms with van der Waals surface area (Å²) in [6.07, 6.45) is 0.741. The van der Waals surface area contributed by atoms with Crippen molar-refractivity contribution in [2.75, 3.05) is 34.0 Å². The highest BCUT2D eigenvalue weighted by molar-refractivity contribution is 5.35. The number of methoxy groups -OCH3 is 2. The van der Waals surface area contributed by atoms with Crippen molar-refractivity contribution in [1.82, 2.24) is 0 Å². The quantitative estimate of drug-likeness (QED) is 0.702. The lowest BCUT2D eigenvalue weighted by Crippen LogP contribution is -2.17. The molecule has 1 aromatic carbocycles. The summed E-state index contributed by atoms with van der Waals surface area (Å²) in [7, 11) is 3.33. The van der Waals surface area contributed by atoms with Crippen LogP contribution >= 0.6 is 0 Å². The maximum atomic E-state index is 5.74. The molecule has 0 saturated carbocycles. The molecule has 0 aliphatic rings. The van der Waals surface area contributed by atoms with Gasteiger partial charge in [0.05, 0.1) is 13.2 Å². The zero-order chi connectivity index (χ0) is 12.5. The molecule has 0 heterocycles. The molecule has 17 heavy (non-hydrogen) atoms. The van der Waals surface area contributed by atoms with E-state index in [4.69, 9.17) is 19.9 Å². The lowest BCUT2D eigenvalue weighted by molar-refractivity contribution is 0.0425. The number of rotatable bonds is 8. The van der Waals surface area contributed by atoms with Gasteiger partial charge >= 0.3 is 0 Å². The number of nitrogens with two attached hydrogens (primary N) is 1. The molecule has 1 unspecified atom stereocenters. The van der Waals surface area contributed by atoms with Gasteiger partial charge in [-0.05, 0) is 12.5 Å². The molecular formula is C13H21NO3. The summed E-state index contributed by atoms with van der Waals surface area (Å²) < 4.78 is 16.0. The predicted molar refractivity (Wildman–Crippen MR) is 67.2 cm³/mol. The number of ether oxygens (including phenoxy) is 3. The van der Waals surface area contributed by atoms with Crippen molar-refractivity contribution in [3.05, 3.63) is 29.8 Å². The Morgan fingerprint density at radius 3 is 2.59 bits per heavy atom. The Kier molecular flexibility index (Phi) is 6.62. The highest BCUT2D eigenvalue weighted by Gasteiger charge is 2.14. The molecule has 4 nitrogen and oxygen atoms in total. The van der Waals surface area contributed by atoms with Gasteiger partial charge in [-0.15, -0.1) is 0 Å². The largest absolute Gasteiger partial charge is 0.496 e. The molecule has 0 aliphatic carbocycles. The minimum atomic E-state index is -0.122. The Labute approximate surface area is 103 Å². The van der Waals surface area contributed by atoms with Crippen LogP contribution in [0.4, 0.5) is 0 Å². The van der Waals surface area contributed by atoms with Crippen molar-refractivity contribution in [3.63, 3.8) is 0 Å². The predicted octanol–water partition coefficient (Wildman–Crippen LogP) is 1.75. The Hall–Kier alpha value is -1.10. The highest BCUT2D eigenvalue weighted by atomic mass is 16.5. The molecule has 1 rings (SSSR count). The van der Waals surface area contributed by atoms with Crippen LogP contribution in [0.15, 0.2) is 24.3 Å². The fourth-order valence-electron chi connectivity index (χ4n) is 1.65. The van der Waals surface area contributed by atoms with Gasteiger partial charge in [0.25, 0.3) is 0 Å². The van der Waals surface area contributed by atoms with Crippen molar-refractivity contribution in [2.24, 2.45) is 5.73 Å². The number of hydrogen-bond acceptors (Lipinski definition) is 4. The summed E-state index contributed by atoms with van der Waals surface area (Å²) in [5, 5.41) is 0. The highest BCUT2D eigenvalue weighted by Crippen LogP contribution is 2.26. The van der Waals surface area contributed by atoms with Crippen LogP contribution in [0.1, 0.15) is 18.1 Å². The smallest absolute Gasteiger partial charge is 0.124 e. The van der Waals surface area contributed by atoms with Crippen molar-refractivity contribution < 1.29 is 14.2 Å².